The first-order valence-electron chi connectivity index (χ1n) is 34.1. The molecule has 0 aliphatic heterocycles. The normalized spacial score (nSPS) is 11.4. The Morgan fingerprint density at radius 2 is 0.451 bits per heavy atom. The van der Waals surface area contributed by atoms with Crippen molar-refractivity contribution in [1.29, 1.82) is 0 Å². The molecule has 122 heavy (non-hydrogen) atoms. The van der Waals surface area contributed by atoms with E-state index in [1.54, 1.807) is 0 Å². The van der Waals surface area contributed by atoms with Gasteiger partial charge in [0.2, 0.25) is 0 Å². The summed E-state index contributed by atoms with van der Waals surface area (Å²) in [4.78, 5) is 22.1. The molecule has 4 heterocycles. The zero-order valence-electron chi connectivity index (χ0n) is 62.3. The molecule has 0 saturated heterocycles. The molecule has 6 N–H and O–H groups in total. The van der Waals surface area contributed by atoms with Crippen molar-refractivity contribution in [3.63, 3.8) is 0 Å². The average molecular weight is 1740 g/mol. The summed E-state index contributed by atoms with van der Waals surface area (Å²) >= 11 is 0. The van der Waals surface area contributed by atoms with Crippen molar-refractivity contribution in [2.45, 2.75) is 39.6 Å². The molecule has 638 valence electrons. The quantitative estimate of drug-likeness (QED) is 0.0243. The van der Waals surface area contributed by atoms with E-state index < -0.39 is 302 Å². The highest BCUT2D eigenvalue weighted by molar-refractivity contribution is 5.92. The fourth-order valence-electron chi connectivity index (χ4n) is 13.2. The Morgan fingerprint density at radius 1 is 0.270 bits per heavy atom. The molecule has 18 nitrogen and oxygen atoms in total. The van der Waals surface area contributed by atoms with Gasteiger partial charge in [-0.05, 0) is 115 Å². The van der Waals surface area contributed by atoms with Gasteiger partial charge in [0, 0.05) is 78.6 Å². The molecule has 0 aliphatic carbocycles. The van der Waals surface area contributed by atoms with Crippen LogP contribution < -0.4 is 0 Å². The fourth-order valence-corrected chi connectivity index (χ4v) is 13.2. The van der Waals surface area contributed by atoms with Crippen LogP contribution in [0.5, 0.6) is 0 Å². The number of halogens is 24. The lowest BCUT2D eigenvalue weighted by atomic mass is 9.88. The number of rotatable bonds is 24. The van der Waals surface area contributed by atoms with Crippen molar-refractivity contribution in [2.75, 3.05) is 42.7 Å². The predicted molar refractivity (Wildman–Crippen MR) is 379 cm³/mol. The Bertz CT molecular complexity index is 5450. The van der Waals surface area contributed by atoms with Gasteiger partial charge in [0.05, 0.1) is 119 Å². The Kier molecular flexibility index (Phi) is 27.1. The first kappa shape index (κ1) is 89.6. The third-order valence-electron chi connectivity index (χ3n) is 18.5. The second-order valence-corrected chi connectivity index (χ2v) is 25.7. The van der Waals surface area contributed by atoms with Crippen molar-refractivity contribution in [3.8, 4) is 112 Å². The van der Waals surface area contributed by atoms with Crippen molar-refractivity contribution in [2.24, 2.45) is 0 Å². The number of aromatic amines is 4. The minimum atomic E-state index is -2.31. The number of aromatic carboxylic acids is 2. The molecule has 42 heteroatoms. The topological polar surface area (TPSA) is 245 Å². The van der Waals surface area contributed by atoms with Gasteiger partial charge in [-0.15, -0.1) is 0 Å². The molecule has 0 saturated carbocycles. The van der Waals surface area contributed by atoms with E-state index in [4.69, 9.17) is 38.6 Å². The highest BCUT2D eigenvalue weighted by Gasteiger charge is 2.39. The summed E-state index contributed by atoms with van der Waals surface area (Å²) in [5, 5.41) is 40.9. The number of methoxy groups -OCH3 is 6. The second-order valence-electron chi connectivity index (χ2n) is 25.7. The SMILES string of the molecule is COCc1cc(-c2c(F)c(F)c(-c3ccn[nH]3)c(F)c2F)c(COC)cc1-c1c(F)c(F)c(-c2ccn[nH]2)c(F)c1F.COCc1cc(-c2c(F)c(F)c(-c3cn[nH]c3)c(F)c2F)c(COC)cc1-c1c(F)c(F)c(-c2cn[nH]c2)c(F)c1F.COCc1cc(-c2c(F)c(F)c(C(=O)O)c(F)c2F)c(COC)cc1-c1c(F)c(F)c(C(=O)O)c(F)c1F. The Hall–Kier alpha value is -13.2. The number of H-pyrrole nitrogens is 4. The van der Waals surface area contributed by atoms with Crippen LogP contribution in [0.15, 0.2) is 85.7 Å². The van der Waals surface area contributed by atoms with E-state index in [-0.39, 0.29) is 44.8 Å². The van der Waals surface area contributed by atoms with E-state index in [1.807, 2.05) is 0 Å². The first-order chi connectivity index (χ1) is 58.0. The van der Waals surface area contributed by atoms with Gasteiger partial charge < -0.3 is 38.6 Å². The van der Waals surface area contributed by atoms with Gasteiger partial charge in [-0.3, -0.25) is 20.4 Å². The highest BCUT2D eigenvalue weighted by Crippen LogP contribution is 2.48. The molecule has 4 aromatic heterocycles. The lowest BCUT2D eigenvalue weighted by Gasteiger charge is -2.20. The Morgan fingerprint density at radius 3 is 0.607 bits per heavy atom. The summed E-state index contributed by atoms with van der Waals surface area (Å²) in [7, 11) is 6.78. The van der Waals surface area contributed by atoms with E-state index in [1.165, 1.54) is 28.4 Å². The molecule has 0 spiro atoms. The third kappa shape index (κ3) is 16.1. The van der Waals surface area contributed by atoms with Gasteiger partial charge >= 0.3 is 11.9 Å². The average Bonchev–Trinajstić information content (AvgIpc) is 0.918. The Labute approximate surface area is 667 Å². The van der Waals surface area contributed by atoms with Gasteiger partial charge in [-0.2, -0.15) is 20.4 Å². The minimum absolute atomic E-state index is 0.224. The number of carboxylic acid groups (broad SMARTS) is 2. The van der Waals surface area contributed by atoms with Crippen LogP contribution in [0.1, 0.15) is 54.1 Å². The monoisotopic (exact) mass is 1740 g/mol. The van der Waals surface area contributed by atoms with Crippen molar-refractivity contribution < 1.29 is 154 Å². The Balaban J connectivity index is 0.000000179. The maximum Gasteiger partial charge on any atom is 0.341 e. The number of nitrogens with one attached hydrogen (secondary N) is 4. The first-order valence-corrected chi connectivity index (χ1v) is 34.1. The van der Waals surface area contributed by atoms with Gasteiger partial charge in [-0.1, -0.05) is 0 Å². The summed E-state index contributed by atoms with van der Waals surface area (Å²) in [6, 6.07) is 7.44. The molecule has 0 atom stereocenters. The van der Waals surface area contributed by atoms with E-state index in [2.05, 4.69) is 40.8 Å². The number of carboxylic acids is 2. The zero-order chi connectivity index (χ0) is 89.2. The van der Waals surface area contributed by atoms with E-state index in [0.29, 0.717) is 0 Å². The van der Waals surface area contributed by atoms with Crippen molar-refractivity contribution >= 4 is 11.9 Å². The lowest BCUT2D eigenvalue weighted by molar-refractivity contribution is 0.0672. The molecule has 0 aliphatic rings. The summed E-state index contributed by atoms with van der Waals surface area (Å²) in [5.41, 5.74) is -21.6. The molecule has 0 fully saturated rings. The minimum Gasteiger partial charge on any atom is -0.477 e. The molecule has 0 bridgehead atoms. The van der Waals surface area contributed by atoms with Crippen LogP contribution in [0, 0.1) is 140 Å². The van der Waals surface area contributed by atoms with Crippen LogP contribution in [0.2, 0.25) is 0 Å². The van der Waals surface area contributed by atoms with Crippen LogP contribution in [0.3, 0.4) is 0 Å². The molecule has 0 unspecified atom stereocenters. The largest absolute Gasteiger partial charge is 0.477 e. The number of hydrogen-bond donors (Lipinski definition) is 6. The van der Waals surface area contributed by atoms with Crippen LogP contribution in [0.25, 0.3) is 112 Å². The number of carbonyl (C=O) groups is 2. The number of benzene rings is 9. The molecule has 13 rings (SSSR count). The van der Waals surface area contributed by atoms with E-state index in [0.717, 1.165) is 99.9 Å². The standard InChI is InChI=1S/2C28H18F8N4O2.C24H14F8O6/c1-41-9-11-3-16(20-27(35)23(31)18(24(32)28(20)36)14-7-39-40-8-14)12(10-42-2)4-15(11)19-25(33)21(29)17(22(30)26(19)34)13-5-37-38-6-13;1-41-9-11-7-14(18-23(31)27(35)20(28(36)24(18)32)16-4-6-38-40-16)12(10-42-2)8-13(11)17-21(29)25(33)19(26(34)22(17)30)15-3-5-37-39-15;1-37-5-7-3-10(12-17(27)21(31)14(24(35)36)22(32)18(12)28)8(6-38-2)4-9(7)11-15(25)19(29)13(23(33)34)20(30)16(11)26/h3-8H,9-10H2,1-2H3,(H,37,38)(H,39,40);3-8H,9-10H2,1-2H3,(H,37,39)(H,38,40);3-4H,5-6H2,1-2H3,(H,33,34)(H,35,36). The second kappa shape index (κ2) is 36.8. The number of aromatic nitrogens is 8. The zero-order valence-corrected chi connectivity index (χ0v) is 62.3. The van der Waals surface area contributed by atoms with E-state index in [9.17, 15) is 44.7 Å². The van der Waals surface area contributed by atoms with Crippen LogP contribution in [-0.4, -0.2) is 106 Å². The summed E-state index contributed by atoms with van der Waals surface area (Å²) in [6.45, 7) is -3.30. The van der Waals surface area contributed by atoms with Gasteiger partial charge in [0.25, 0.3) is 0 Å². The summed E-state index contributed by atoms with van der Waals surface area (Å²) in [5.74, 6) is -50.3. The molecule has 0 radical (unpaired) electrons. The number of ether oxygens (including phenoxy) is 6. The van der Waals surface area contributed by atoms with Gasteiger partial charge in [0.15, 0.2) is 140 Å². The molecular formula is C80H50F24N8O10. The van der Waals surface area contributed by atoms with Crippen LogP contribution in [0.4, 0.5) is 105 Å². The van der Waals surface area contributed by atoms with Crippen molar-refractivity contribution in [1.82, 2.24) is 40.8 Å². The number of nitrogens with zero attached hydrogens (tertiary/aromatic N) is 4. The summed E-state index contributed by atoms with van der Waals surface area (Å²) < 4.78 is 392. The molecule has 9 aromatic carbocycles. The van der Waals surface area contributed by atoms with Crippen LogP contribution in [-0.2, 0) is 68.1 Å². The molecule has 13 aromatic rings. The number of hydrogen-bond acceptors (Lipinski definition) is 12. The highest BCUT2D eigenvalue weighted by atomic mass is 19.2. The van der Waals surface area contributed by atoms with Crippen LogP contribution >= 0.6 is 0 Å². The maximum atomic E-state index is 15.4. The predicted octanol–water partition coefficient (Wildman–Crippen LogP) is 20.2. The molecular weight excluding hydrogens is 1690 g/mol. The van der Waals surface area contributed by atoms with Gasteiger partial charge in [0.1, 0.15) is 11.1 Å². The van der Waals surface area contributed by atoms with Gasteiger partial charge in [-0.25, -0.2) is 115 Å². The maximum absolute atomic E-state index is 15.4. The van der Waals surface area contributed by atoms with Crippen molar-refractivity contribution in [3.05, 3.63) is 270 Å². The third-order valence-corrected chi connectivity index (χ3v) is 18.5. The fraction of sp³-hybridized carbons (Fsp3) is 0.150. The smallest absolute Gasteiger partial charge is 0.341 e. The molecule has 0 amide bonds. The summed E-state index contributed by atoms with van der Waals surface area (Å²) in [6.07, 6.45) is 6.22. The van der Waals surface area contributed by atoms with E-state index >= 15 is 70.2 Å². The lowest BCUT2D eigenvalue weighted by Crippen LogP contribution is -2.13.